The van der Waals surface area contributed by atoms with E-state index in [1.807, 2.05) is 68.6 Å². The van der Waals surface area contributed by atoms with Crippen LogP contribution in [-0.4, -0.2) is 41.2 Å². The van der Waals surface area contributed by atoms with Crippen LogP contribution >= 0.6 is 11.8 Å². The normalized spacial score (nSPS) is 14.9. The molecule has 1 N–H and O–H groups in total. The minimum Gasteiger partial charge on any atom is -0.492 e. The molecule has 3 aromatic rings. The van der Waals surface area contributed by atoms with Gasteiger partial charge in [-0.25, -0.2) is 4.98 Å². The van der Waals surface area contributed by atoms with Gasteiger partial charge in [-0.2, -0.15) is 0 Å². The quantitative estimate of drug-likeness (QED) is 0.507. The number of hydrogen-bond acceptors (Lipinski definition) is 7. The van der Waals surface area contributed by atoms with Crippen molar-refractivity contribution in [3.8, 4) is 17.2 Å². The van der Waals surface area contributed by atoms with Crippen LogP contribution in [0.2, 0.25) is 0 Å². The fourth-order valence-corrected chi connectivity index (χ4v) is 3.85. The zero-order valence-electron chi connectivity index (χ0n) is 17.8. The van der Waals surface area contributed by atoms with Crippen molar-refractivity contribution in [2.45, 2.75) is 13.5 Å². The number of aromatic nitrogens is 1. The molecule has 2 heterocycles. The Labute approximate surface area is 190 Å². The third-order valence-electron chi connectivity index (χ3n) is 4.89. The van der Waals surface area contributed by atoms with Crippen LogP contribution in [0.1, 0.15) is 17.0 Å². The van der Waals surface area contributed by atoms with Gasteiger partial charge < -0.3 is 9.15 Å². The second kappa shape index (κ2) is 9.84. The number of benzene rings is 2. The molecule has 1 saturated heterocycles. The molecular formula is C24H23N3O4S. The van der Waals surface area contributed by atoms with Gasteiger partial charge in [0.05, 0.1) is 10.6 Å². The Hall–Kier alpha value is -3.36. The standard InChI is InChI=1S/C24H23N3O4S/c1-16-20(25-23(31-16)18-6-4-3-5-7-18)15-27(2)12-13-30-19-10-8-17(9-11-19)14-21-22(28)26-24(29)32-21/h3-11,14H,12-13,15H2,1-2H3,(H,26,28,29)/b21-14+. The van der Waals surface area contributed by atoms with Crippen molar-refractivity contribution in [3.05, 3.63) is 76.5 Å². The number of aryl methyl sites for hydroxylation is 1. The molecule has 2 aromatic carbocycles. The lowest BCUT2D eigenvalue weighted by Gasteiger charge is -2.16. The van der Waals surface area contributed by atoms with Crippen molar-refractivity contribution in [2.24, 2.45) is 0 Å². The predicted molar refractivity (Wildman–Crippen MR) is 124 cm³/mol. The van der Waals surface area contributed by atoms with E-state index >= 15 is 0 Å². The molecule has 0 saturated carbocycles. The zero-order chi connectivity index (χ0) is 22.5. The van der Waals surface area contributed by atoms with E-state index < -0.39 is 0 Å². The Kier molecular flexibility index (Phi) is 6.72. The van der Waals surface area contributed by atoms with Gasteiger partial charge in [-0.15, -0.1) is 0 Å². The molecular weight excluding hydrogens is 426 g/mol. The first-order valence-corrected chi connectivity index (χ1v) is 11.0. The van der Waals surface area contributed by atoms with Gasteiger partial charge in [-0.05, 0) is 61.6 Å². The number of nitrogens with zero attached hydrogens (tertiary/aromatic N) is 2. The number of ether oxygens (including phenoxy) is 1. The van der Waals surface area contributed by atoms with Gasteiger partial charge in [-0.3, -0.25) is 19.8 Å². The van der Waals surface area contributed by atoms with E-state index in [1.54, 1.807) is 6.08 Å². The Balaban J connectivity index is 1.27. The van der Waals surface area contributed by atoms with Crippen LogP contribution in [0.3, 0.4) is 0 Å². The van der Waals surface area contributed by atoms with Gasteiger partial charge in [0.15, 0.2) is 0 Å². The highest BCUT2D eigenvalue weighted by atomic mass is 32.2. The summed E-state index contributed by atoms with van der Waals surface area (Å²) < 4.78 is 11.7. The summed E-state index contributed by atoms with van der Waals surface area (Å²) >= 11 is 0.904. The van der Waals surface area contributed by atoms with Crippen LogP contribution in [0.4, 0.5) is 4.79 Å². The molecule has 164 valence electrons. The molecule has 0 unspecified atom stereocenters. The van der Waals surface area contributed by atoms with Crippen molar-refractivity contribution < 1.29 is 18.7 Å². The first kappa shape index (κ1) is 21.9. The number of imide groups is 1. The van der Waals surface area contributed by atoms with Crippen LogP contribution in [0.25, 0.3) is 17.5 Å². The second-order valence-corrected chi connectivity index (χ2v) is 8.41. The summed E-state index contributed by atoms with van der Waals surface area (Å²) in [4.78, 5) is 30.0. The van der Waals surface area contributed by atoms with Crippen molar-refractivity contribution in [2.75, 3.05) is 20.2 Å². The fraction of sp³-hybridized carbons (Fsp3) is 0.208. The van der Waals surface area contributed by atoms with Crippen molar-refractivity contribution in [1.82, 2.24) is 15.2 Å². The highest BCUT2D eigenvalue weighted by Crippen LogP contribution is 2.26. The van der Waals surface area contributed by atoms with Gasteiger partial charge in [0, 0.05) is 18.7 Å². The molecule has 0 radical (unpaired) electrons. The van der Waals surface area contributed by atoms with Crippen LogP contribution in [0.15, 0.2) is 63.9 Å². The first-order chi connectivity index (χ1) is 15.5. The fourth-order valence-electron chi connectivity index (χ4n) is 3.17. The third kappa shape index (κ3) is 5.46. The Morgan fingerprint density at radius 3 is 2.56 bits per heavy atom. The number of rotatable bonds is 8. The second-order valence-electron chi connectivity index (χ2n) is 7.40. The number of hydrogen-bond donors (Lipinski definition) is 1. The minimum absolute atomic E-state index is 0.345. The van der Waals surface area contributed by atoms with E-state index in [4.69, 9.17) is 9.15 Å². The average Bonchev–Trinajstić information content (AvgIpc) is 3.30. The summed E-state index contributed by atoms with van der Waals surface area (Å²) in [6, 6.07) is 17.3. The van der Waals surface area contributed by atoms with E-state index in [9.17, 15) is 9.59 Å². The maximum absolute atomic E-state index is 11.6. The molecule has 1 aromatic heterocycles. The predicted octanol–water partition coefficient (Wildman–Crippen LogP) is 4.48. The number of amides is 2. The molecule has 32 heavy (non-hydrogen) atoms. The molecule has 0 aliphatic carbocycles. The number of carbonyl (C=O) groups excluding carboxylic acids is 2. The molecule has 1 fully saturated rings. The monoisotopic (exact) mass is 449 g/mol. The van der Waals surface area contributed by atoms with Crippen molar-refractivity contribution >= 4 is 29.0 Å². The smallest absolute Gasteiger partial charge is 0.290 e. The maximum atomic E-state index is 11.6. The zero-order valence-corrected chi connectivity index (χ0v) is 18.6. The van der Waals surface area contributed by atoms with Crippen LogP contribution in [0, 0.1) is 6.92 Å². The van der Waals surface area contributed by atoms with Gasteiger partial charge in [-0.1, -0.05) is 30.3 Å². The lowest BCUT2D eigenvalue weighted by atomic mass is 10.2. The Morgan fingerprint density at radius 2 is 1.88 bits per heavy atom. The highest BCUT2D eigenvalue weighted by Gasteiger charge is 2.24. The van der Waals surface area contributed by atoms with E-state index in [2.05, 4.69) is 15.2 Å². The lowest BCUT2D eigenvalue weighted by molar-refractivity contribution is -0.115. The van der Waals surface area contributed by atoms with Gasteiger partial charge in [0.25, 0.3) is 11.1 Å². The number of likely N-dealkylation sites (N-methyl/N-ethyl adjacent to an activating group) is 1. The van der Waals surface area contributed by atoms with E-state index in [1.165, 1.54) is 0 Å². The van der Waals surface area contributed by atoms with Crippen LogP contribution in [-0.2, 0) is 11.3 Å². The summed E-state index contributed by atoms with van der Waals surface area (Å²) in [6.07, 6.45) is 1.69. The van der Waals surface area contributed by atoms with E-state index in [-0.39, 0.29) is 11.1 Å². The average molecular weight is 450 g/mol. The van der Waals surface area contributed by atoms with Crippen LogP contribution < -0.4 is 10.1 Å². The molecule has 7 nitrogen and oxygen atoms in total. The van der Waals surface area contributed by atoms with Gasteiger partial charge in [0.2, 0.25) is 5.89 Å². The summed E-state index contributed by atoms with van der Waals surface area (Å²) in [5, 5.41) is 1.90. The number of carbonyl (C=O) groups is 2. The lowest BCUT2D eigenvalue weighted by Crippen LogP contribution is -2.24. The van der Waals surface area contributed by atoms with Crippen molar-refractivity contribution in [3.63, 3.8) is 0 Å². The molecule has 0 spiro atoms. The Morgan fingerprint density at radius 1 is 1.12 bits per heavy atom. The van der Waals surface area contributed by atoms with E-state index in [0.717, 1.165) is 46.6 Å². The third-order valence-corrected chi connectivity index (χ3v) is 5.71. The largest absolute Gasteiger partial charge is 0.492 e. The summed E-state index contributed by atoms with van der Waals surface area (Å²) in [5.41, 5.74) is 2.71. The molecule has 0 bridgehead atoms. The molecule has 8 heteroatoms. The SMILES string of the molecule is Cc1oc(-c2ccccc2)nc1CN(C)CCOc1ccc(/C=C2/SC(=O)NC2=O)cc1. The van der Waals surface area contributed by atoms with Gasteiger partial charge >= 0.3 is 0 Å². The number of oxazole rings is 1. The number of nitrogens with one attached hydrogen (secondary N) is 1. The molecule has 0 atom stereocenters. The molecule has 4 rings (SSSR count). The van der Waals surface area contributed by atoms with Gasteiger partial charge in [0.1, 0.15) is 18.1 Å². The highest BCUT2D eigenvalue weighted by molar-refractivity contribution is 8.18. The molecule has 2 amide bonds. The first-order valence-electron chi connectivity index (χ1n) is 10.2. The molecule has 1 aliphatic rings. The summed E-state index contributed by atoms with van der Waals surface area (Å²) in [7, 11) is 2.01. The minimum atomic E-state index is -0.360. The van der Waals surface area contributed by atoms with Crippen molar-refractivity contribution in [1.29, 1.82) is 0 Å². The number of thioether (sulfide) groups is 1. The topological polar surface area (TPSA) is 84.7 Å². The maximum Gasteiger partial charge on any atom is 0.290 e. The molecule has 1 aliphatic heterocycles. The van der Waals surface area contributed by atoms with E-state index in [0.29, 0.717) is 23.9 Å². The Bertz CT molecular complexity index is 1140. The van der Waals surface area contributed by atoms with Crippen LogP contribution in [0.5, 0.6) is 5.75 Å². The summed E-state index contributed by atoms with van der Waals surface area (Å²) in [5.74, 6) is 1.83. The summed E-state index contributed by atoms with van der Waals surface area (Å²) in [6.45, 7) is 3.83.